The molecular formula is C17H25N3. The van der Waals surface area contributed by atoms with Crippen molar-refractivity contribution < 1.29 is 0 Å². The fraction of sp³-hybridized carbons (Fsp3) is 0.588. The second-order valence-corrected chi connectivity index (χ2v) is 6.54. The Labute approximate surface area is 122 Å². The van der Waals surface area contributed by atoms with E-state index in [9.17, 15) is 5.26 Å². The topological polar surface area (TPSA) is 39.1 Å². The van der Waals surface area contributed by atoms with Crippen LogP contribution in [0.3, 0.4) is 0 Å². The van der Waals surface area contributed by atoms with Gasteiger partial charge >= 0.3 is 0 Å². The van der Waals surface area contributed by atoms with Crippen molar-refractivity contribution in [3.63, 3.8) is 0 Å². The van der Waals surface area contributed by atoms with Crippen LogP contribution in [0.25, 0.3) is 0 Å². The maximum atomic E-state index is 9.54. The van der Waals surface area contributed by atoms with Crippen LogP contribution in [-0.2, 0) is 5.41 Å². The van der Waals surface area contributed by atoms with E-state index in [-0.39, 0.29) is 11.5 Å². The monoisotopic (exact) mass is 271 g/mol. The maximum Gasteiger partial charge on any atom is 0.123 e. The summed E-state index contributed by atoms with van der Waals surface area (Å²) in [4.78, 5) is 2.28. The highest BCUT2D eigenvalue weighted by Gasteiger charge is 2.21. The Hall–Kier alpha value is -1.37. The Morgan fingerprint density at radius 1 is 1.15 bits per heavy atom. The number of nitriles is 1. The van der Waals surface area contributed by atoms with Crippen LogP contribution >= 0.6 is 0 Å². The highest BCUT2D eigenvalue weighted by atomic mass is 15.2. The van der Waals surface area contributed by atoms with Gasteiger partial charge in [-0.05, 0) is 29.5 Å². The van der Waals surface area contributed by atoms with Gasteiger partial charge in [0.15, 0.2) is 0 Å². The van der Waals surface area contributed by atoms with Crippen molar-refractivity contribution in [1.82, 2.24) is 10.2 Å². The molecule has 1 N–H and O–H groups in total. The van der Waals surface area contributed by atoms with Crippen LogP contribution < -0.4 is 5.32 Å². The number of benzene rings is 1. The number of nitrogens with one attached hydrogen (secondary N) is 1. The third-order valence-electron chi connectivity index (χ3n) is 3.95. The Bertz CT molecular complexity index is 456. The molecule has 0 amide bonds. The first-order valence-corrected chi connectivity index (χ1v) is 7.47. The molecule has 0 bridgehead atoms. The van der Waals surface area contributed by atoms with Crippen molar-refractivity contribution >= 4 is 0 Å². The molecule has 108 valence electrons. The molecule has 3 nitrogen and oxygen atoms in total. The van der Waals surface area contributed by atoms with Gasteiger partial charge in [-0.25, -0.2) is 0 Å². The average molecular weight is 271 g/mol. The molecular weight excluding hydrogens is 246 g/mol. The molecule has 0 saturated carbocycles. The average Bonchev–Trinajstić information content (AvgIpc) is 2.68. The van der Waals surface area contributed by atoms with Gasteiger partial charge in [0.1, 0.15) is 6.04 Å². The zero-order chi connectivity index (χ0) is 14.6. The summed E-state index contributed by atoms with van der Waals surface area (Å²) in [7, 11) is 0. The largest absolute Gasteiger partial charge is 0.315 e. The van der Waals surface area contributed by atoms with Crippen molar-refractivity contribution in [2.45, 2.75) is 38.6 Å². The molecule has 1 aliphatic rings. The fourth-order valence-electron chi connectivity index (χ4n) is 2.66. The third-order valence-corrected chi connectivity index (χ3v) is 3.95. The fourth-order valence-corrected chi connectivity index (χ4v) is 2.66. The molecule has 1 atom stereocenters. The molecule has 1 unspecified atom stereocenters. The van der Waals surface area contributed by atoms with Gasteiger partial charge in [-0.15, -0.1) is 0 Å². The quantitative estimate of drug-likeness (QED) is 0.899. The minimum atomic E-state index is -0.121. The minimum Gasteiger partial charge on any atom is -0.315 e. The van der Waals surface area contributed by atoms with Crippen LogP contribution in [0.4, 0.5) is 0 Å². The molecule has 0 aliphatic carbocycles. The van der Waals surface area contributed by atoms with Crippen LogP contribution in [0.15, 0.2) is 24.3 Å². The summed E-state index contributed by atoms with van der Waals surface area (Å²) >= 11 is 0. The Kier molecular flexibility index (Phi) is 4.80. The van der Waals surface area contributed by atoms with Crippen LogP contribution in [-0.4, -0.2) is 31.1 Å². The van der Waals surface area contributed by atoms with E-state index in [2.05, 4.69) is 61.3 Å². The second-order valence-electron chi connectivity index (χ2n) is 6.54. The van der Waals surface area contributed by atoms with E-state index in [1.807, 2.05) is 0 Å². The summed E-state index contributed by atoms with van der Waals surface area (Å²) in [6.07, 6.45) is 1.11. The Morgan fingerprint density at radius 3 is 2.45 bits per heavy atom. The molecule has 1 aromatic rings. The molecule has 3 heteroatoms. The lowest BCUT2D eigenvalue weighted by atomic mass is 9.86. The van der Waals surface area contributed by atoms with E-state index in [4.69, 9.17) is 0 Å². The van der Waals surface area contributed by atoms with Crippen molar-refractivity contribution in [1.29, 1.82) is 5.26 Å². The number of rotatable bonds is 2. The van der Waals surface area contributed by atoms with Gasteiger partial charge in [-0.1, -0.05) is 45.0 Å². The number of nitrogens with zero attached hydrogens (tertiary/aromatic N) is 2. The van der Waals surface area contributed by atoms with Crippen LogP contribution in [0, 0.1) is 11.3 Å². The molecule has 1 fully saturated rings. The van der Waals surface area contributed by atoms with E-state index in [1.54, 1.807) is 0 Å². The molecule has 1 heterocycles. The lowest BCUT2D eigenvalue weighted by molar-refractivity contribution is 0.252. The van der Waals surface area contributed by atoms with E-state index < -0.39 is 0 Å². The highest BCUT2D eigenvalue weighted by molar-refractivity contribution is 5.31. The highest BCUT2D eigenvalue weighted by Crippen LogP contribution is 2.26. The summed E-state index contributed by atoms with van der Waals surface area (Å²) < 4.78 is 0. The van der Waals surface area contributed by atoms with Gasteiger partial charge in [0.25, 0.3) is 0 Å². The van der Waals surface area contributed by atoms with E-state index in [0.717, 1.165) is 38.2 Å². The van der Waals surface area contributed by atoms with Gasteiger partial charge in [0, 0.05) is 19.6 Å². The van der Waals surface area contributed by atoms with Gasteiger partial charge in [0.2, 0.25) is 0 Å². The van der Waals surface area contributed by atoms with Crippen LogP contribution in [0.5, 0.6) is 0 Å². The summed E-state index contributed by atoms with van der Waals surface area (Å²) in [5, 5.41) is 12.9. The van der Waals surface area contributed by atoms with Crippen molar-refractivity contribution in [3.8, 4) is 6.07 Å². The summed E-state index contributed by atoms with van der Waals surface area (Å²) in [6.45, 7) is 10.6. The summed E-state index contributed by atoms with van der Waals surface area (Å²) in [6, 6.07) is 10.9. The lowest BCUT2D eigenvalue weighted by Crippen LogP contribution is -2.31. The van der Waals surface area contributed by atoms with Crippen LogP contribution in [0.1, 0.15) is 44.4 Å². The maximum absolute atomic E-state index is 9.54. The van der Waals surface area contributed by atoms with Gasteiger partial charge in [-0.2, -0.15) is 5.26 Å². The first kappa shape index (κ1) is 15.0. The predicted octanol–water partition coefficient (Wildman–Crippen LogP) is 2.84. The SMILES string of the molecule is CC(C)(C)c1ccc(C(C#N)N2CCCNCC2)cc1. The Balaban J connectivity index is 2.17. The van der Waals surface area contributed by atoms with Gasteiger partial charge in [0.05, 0.1) is 6.07 Å². The van der Waals surface area contributed by atoms with Crippen LogP contribution in [0.2, 0.25) is 0 Å². The van der Waals surface area contributed by atoms with E-state index in [0.29, 0.717) is 0 Å². The van der Waals surface area contributed by atoms with Crippen molar-refractivity contribution in [3.05, 3.63) is 35.4 Å². The summed E-state index contributed by atoms with van der Waals surface area (Å²) in [5.74, 6) is 0. The molecule has 0 aromatic heterocycles. The van der Waals surface area contributed by atoms with Gasteiger partial charge in [-0.3, -0.25) is 4.90 Å². The normalized spacial score (nSPS) is 19.1. The molecule has 1 aromatic carbocycles. The molecule has 0 radical (unpaired) electrons. The molecule has 2 rings (SSSR count). The number of hydrogen-bond donors (Lipinski definition) is 1. The smallest absolute Gasteiger partial charge is 0.123 e. The Morgan fingerprint density at radius 2 is 1.85 bits per heavy atom. The predicted molar refractivity (Wildman–Crippen MR) is 82.6 cm³/mol. The van der Waals surface area contributed by atoms with Crippen molar-refractivity contribution in [2.24, 2.45) is 0 Å². The minimum absolute atomic E-state index is 0.121. The van der Waals surface area contributed by atoms with E-state index in [1.165, 1.54) is 5.56 Å². The van der Waals surface area contributed by atoms with Crippen molar-refractivity contribution in [2.75, 3.05) is 26.2 Å². The molecule has 0 spiro atoms. The third kappa shape index (κ3) is 3.59. The molecule has 1 saturated heterocycles. The number of hydrogen-bond acceptors (Lipinski definition) is 3. The first-order chi connectivity index (χ1) is 9.52. The molecule has 1 aliphatic heterocycles. The lowest BCUT2D eigenvalue weighted by Gasteiger charge is -2.26. The summed E-state index contributed by atoms with van der Waals surface area (Å²) in [5.41, 5.74) is 2.59. The zero-order valence-electron chi connectivity index (χ0n) is 12.8. The van der Waals surface area contributed by atoms with E-state index >= 15 is 0 Å². The van der Waals surface area contributed by atoms with Gasteiger partial charge < -0.3 is 5.32 Å². The standard InChI is InChI=1S/C17H25N3/c1-17(2,3)15-7-5-14(6-8-15)16(13-18)20-11-4-9-19-10-12-20/h5-8,16,19H,4,9-12H2,1-3H3. The zero-order valence-corrected chi connectivity index (χ0v) is 12.8. The first-order valence-electron chi connectivity index (χ1n) is 7.47. The second kappa shape index (κ2) is 6.39. The molecule has 20 heavy (non-hydrogen) atoms.